The first-order chi connectivity index (χ1) is 17.1. The summed E-state index contributed by atoms with van der Waals surface area (Å²) in [6.45, 7) is 1.15. The van der Waals surface area contributed by atoms with E-state index < -0.39 is 0 Å². The molecule has 1 atom stereocenters. The Morgan fingerprint density at radius 1 is 1.11 bits per heavy atom. The lowest BCUT2D eigenvalue weighted by Gasteiger charge is -2.29. The van der Waals surface area contributed by atoms with Crippen LogP contribution in [0, 0.1) is 5.82 Å². The van der Waals surface area contributed by atoms with Crippen LogP contribution in [0.1, 0.15) is 12.0 Å². The number of urea groups is 1. The van der Waals surface area contributed by atoms with E-state index >= 15 is 0 Å². The van der Waals surface area contributed by atoms with Crippen molar-refractivity contribution >= 4 is 39.8 Å². The van der Waals surface area contributed by atoms with Crippen molar-refractivity contribution in [2.75, 3.05) is 29.0 Å². The summed E-state index contributed by atoms with van der Waals surface area (Å²) in [5.74, 6) is 0.562. The van der Waals surface area contributed by atoms with Crippen molar-refractivity contribution in [2.45, 2.75) is 18.9 Å². The summed E-state index contributed by atoms with van der Waals surface area (Å²) in [6.07, 6.45) is 7.35. The van der Waals surface area contributed by atoms with Gasteiger partial charge in [0, 0.05) is 53.7 Å². The molecule has 0 radical (unpaired) electrons. The zero-order valence-electron chi connectivity index (χ0n) is 18.9. The molecular formula is C26H24FN7O. The van der Waals surface area contributed by atoms with E-state index in [0.29, 0.717) is 18.8 Å². The lowest BCUT2D eigenvalue weighted by Crippen LogP contribution is -2.39. The average molecular weight is 470 g/mol. The highest BCUT2D eigenvalue weighted by molar-refractivity contribution is 5.89. The van der Waals surface area contributed by atoms with Crippen LogP contribution in [0.25, 0.3) is 10.9 Å². The van der Waals surface area contributed by atoms with Crippen LogP contribution in [0.15, 0.2) is 72.6 Å². The van der Waals surface area contributed by atoms with Gasteiger partial charge in [0.05, 0.1) is 17.8 Å². The standard InChI is InChI=1S/C26H24FN7O/c27-18-1-3-19(4-2-18)31-26(35)34-11-8-16(9-12-34)24-14-21-23(7-10-28-25(21)32-24)30-20-5-6-22-17(13-20)15-29-33-22/h1-8,10,13,15,24H,9,11-12,14H2,(H,29,33)(H,31,35)(H2,28,30,32). The minimum Gasteiger partial charge on any atom is -0.363 e. The molecule has 2 aromatic carbocycles. The van der Waals surface area contributed by atoms with Crippen LogP contribution in [-0.4, -0.2) is 45.2 Å². The maximum Gasteiger partial charge on any atom is 0.322 e. The number of amides is 2. The van der Waals surface area contributed by atoms with Crippen molar-refractivity contribution in [3.63, 3.8) is 0 Å². The third kappa shape index (κ3) is 4.28. The van der Waals surface area contributed by atoms with Crippen LogP contribution < -0.4 is 16.0 Å². The Bertz CT molecular complexity index is 1430. The third-order valence-corrected chi connectivity index (χ3v) is 6.57. The molecule has 0 bridgehead atoms. The van der Waals surface area contributed by atoms with E-state index in [1.54, 1.807) is 17.0 Å². The van der Waals surface area contributed by atoms with E-state index in [1.807, 2.05) is 30.6 Å². The fourth-order valence-corrected chi connectivity index (χ4v) is 4.68. The highest BCUT2D eigenvalue weighted by atomic mass is 19.1. The molecule has 0 aliphatic carbocycles. The minimum absolute atomic E-state index is 0.152. The number of carbonyl (C=O) groups excluding carboxylic acids is 1. The topological polar surface area (TPSA) is 98.0 Å². The van der Waals surface area contributed by atoms with Gasteiger partial charge >= 0.3 is 6.03 Å². The monoisotopic (exact) mass is 469 g/mol. The highest BCUT2D eigenvalue weighted by Gasteiger charge is 2.29. The van der Waals surface area contributed by atoms with Gasteiger partial charge in [-0.2, -0.15) is 5.10 Å². The van der Waals surface area contributed by atoms with Crippen molar-refractivity contribution in [1.82, 2.24) is 20.1 Å². The summed E-state index contributed by atoms with van der Waals surface area (Å²) < 4.78 is 13.1. The summed E-state index contributed by atoms with van der Waals surface area (Å²) in [4.78, 5) is 18.9. The molecule has 6 rings (SSSR count). The van der Waals surface area contributed by atoms with Gasteiger partial charge < -0.3 is 20.9 Å². The van der Waals surface area contributed by atoms with E-state index in [9.17, 15) is 9.18 Å². The number of H-pyrrole nitrogens is 1. The molecule has 1 unspecified atom stereocenters. The average Bonchev–Trinajstić information content (AvgIpc) is 3.53. The Morgan fingerprint density at radius 2 is 1.97 bits per heavy atom. The zero-order chi connectivity index (χ0) is 23.8. The van der Waals surface area contributed by atoms with Gasteiger partial charge in [-0.05, 0) is 60.5 Å². The fraction of sp³-hybridized carbons (Fsp3) is 0.192. The van der Waals surface area contributed by atoms with Crippen LogP contribution in [-0.2, 0) is 6.42 Å². The first-order valence-corrected chi connectivity index (χ1v) is 11.6. The van der Waals surface area contributed by atoms with Crippen molar-refractivity contribution in [2.24, 2.45) is 0 Å². The summed E-state index contributed by atoms with van der Waals surface area (Å²) in [7, 11) is 0. The van der Waals surface area contributed by atoms with Crippen LogP contribution in [0.3, 0.4) is 0 Å². The molecule has 0 spiro atoms. The molecule has 2 aliphatic heterocycles. The largest absolute Gasteiger partial charge is 0.363 e. The predicted molar refractivity (Wildman–Crippen MR) is 134 cm³/mol. The van der Waals surface area contributed by atoms with E-state index in [2.05, 4.69) is 43.3 Å². The Hall–Kier alpha value is -4.40. The second kappa shape index (κ2) is 8.75. The Kier molecular flexibility index (Phi) is 5.29. The number of fused-ring (bicyclic) bond motifs is 2. The number of nitrogens with zero attached hydrogens (tertiary/aromatic N) is 3. The molecule has 35 heavy (non-hydrogen) atoms. The molecule has 9 heteroatoms. The maximum absolute atomic E-state index is 13.1. The zero-order valence-corrected chi connectivity index (χ0v) is 18.9. The second-order valence-electron chi connectivity index (χ2n) is 8.80. The van der Waals surface area contributed by atoms with Crippen molar-refractivity contribution in [3.8, 4) is 0 Å². The van der Waals surface area contributed by atoms with Crippen LogP contribution in [0.5, 0.6) is 0 Å². The van der Waals surface area contributed by atoms with Crippen LogP contribution in [0.4, 0.5) is 32.1 Å². The quantitative estimate of drug-likeness (QED) is 0.314. The van der Waals surface area contributed by atoms with Crippen molar-refractivity contribution in [3.05, 3.63) is 84.0 Å². The first kappa shape index (κ1) is 21.2. The molecule has 4 heterocycles. The van der Waals surface area contributed by atoms with E-state index in [0.717, 1.165) is 46.5 Å². The maximum atomic E-state index is 13.1. The minimum atomic E-state index is -0.328. The van der Waals surface area contributed by atoms with Gasteiger partial charge in [-0.15, -0.1) is 0 Å². The van der Waals surface area contributed by atoms with Gasteiger partial charge in [0.25, 0.3) is 0 Å². The van der Waals surface area contributed by atoms with Gasteiger partial charge in [-0.25, -0.2) is 14.2 Å². The number of nitrogens with one attached hydrogen (secondary N) is 4. The predicted octanol–water partition coefficient (Wildman–Crippen LogP) is 5.04. The summed E-state index contributed by atoms with van der Waals surface area (Å²) in [5.41, 5.74) is 6.04. The van der Waals surface area contributed by atoms with E-state index in [1.165, 1.54) is 17.7 Å². The lowest BCUT2D eigenvalue weighted by atomic mass is 9.97. The number of hydrogen-bond donors (Lipinski definition) is 4. The Morgan fingerprint density at radius 3 is 2.80 bits per heavy atom. The normalized spacial score (nSPS) is 17.0. The SMILES string of the molecule is O=C(Nc1ccc(F)cc1)N1CC=C(C2Cc3c(Nc4ccc5[nH]ncc5c4)ccnc3N2)CC1. The first-order valence-electron chi connectivity index (χ1n) is 11.6. The lowest BCUT2D eigenvalue weighted by molar-refractivity contribution is 0.215. The number of halogens is 1. The fourth-order valence-electron chi connectivity index (χ4n) is 4.68. The summed E-state index contributed by atoms with van der Waals surface area (Å²) >= 11 is 0. The Labute approximate surface area is 201 Å². The molecule has 0 saturated heterocycles. The molecule has 2 amide bonds. The smallest absolute Gasteiger partial charge is 0.322 e. The molecule has 0 saturated carbocycles. The number of carbonyl (C=O) groups is 1. The molecule has 4 aromatic rings. The molecular weight excluding hydrogens is 445 g/mol. The summed E-state index contributed by atoms with van der Waals surface area (Å²) in [5, 5.41) is 18.0. The van der Waals surface area contributed by atoms with Gasteiger partial charge in [-0.3, -0.25) is 5.10 Å². The van der Waals surface area contributed by atoms with Crippen molar-refractivity contribution in [1.29, 1.82) is 0 Å². The van der Waals surface area contributed by atoms with Gasteiger partial charge in [0.2, 0.25) is 0 Å². The molecule has 0 fully saturated rings. The molecule has 2 aliphatic rings. The van der Waals surface area contributed by atoms with Crippen LogP contribution >= 0.6 is 0 Å². The van der Waals surface area contributed by atoms with Gasteiger partial charge in [0.15, 0.2) is 0 Å². The number of hydrogen-bond acceptors (Lipinski definition) is 5. The van der Waals surface area contributed by atoms with Gasteiger partial charge in [-0.1, -0.05) is 6.08 Å². The summed E-state index contributed by atoms with van der Waals surface area (Å²) in [6, 6.07) is 13.9. The van der Waals surface area contributed by atoms with Gasteiger partial charge in [0.1, 0.15) is 11.6 Å². The van der Waals surface area contributed by atoms with E-state index in [4.69, 9.17) is 0 Å². The molecule has 8 nitrogen and oxygen atoms in total. The number of pyridine rings is 1. The number of rotatable bonds is 4. The van der Waals surface area contributed by atoms with E-state index in [-0.39, 0.29) is 17.9 Å². The van der Waals surface area contributed by atoms with Crippen molar-refractivity contribution < 1.29 is 9.18 Å². The number of aromatic amines is 1. The second-order valence-corrected chi connectivity index (χ2v) is 8.80. The number of benzene rings is 2. The third-order valence-electron chi connectivity index (χ3n) is 6.57. The molecule has 176 valence electrons. The number of anilines is 4. The molecule has 4 N–H and O–H groups in total. The van der Waals surface area contributed by atoms with Crippen LogP contribution in [0.2, 0.25) is 0 Å². The number of aromatic nitrogens is 3. The molecule has 2 aromatic heterocycles. The Balaban J connectivity index is 1.12. The highest BCUT2D eigenvalue weighted by Crippen LogP contribution is 2.35.